The Balaban J connectivity index is 1.86. The van der Waals surface area contributed by atoms with Crippen LogP contribution in [-0.2, 0) is 9.59 Å². The number of anilines is 1. The van der Waals surface area contributed by atoms with E-state index in [2.05, 4.69) is 5.32 Å². The Kier molecular flexibility index (Phi) is 4.86. The van der Waals surface area contributed by atoms with Crippen molar-refractivity contribution in [2.45, 2.75) is 18.9 Å². The van der Waals surface area contributed by atoms with Crippen LogP contribution in [0.2, 0.25) is 5.02 Å². The predicted octanol–water partition coefficient (Wildman–Crippen LogP) is 3.89. The van der Waals surface area contributed by atoms with Crippen molar-refractivity contribution in [3.63, 3.8) is 0 Å². The summed E-state index contributed by atoms with van der Waals surface area (Å²) >= 11 is 5.98. The van der Waals surface area contributed by atoms with Gasteiger partial charge in [-0.05, 0) is 30.2 Å². The number of amides is 2. The molecule has 0 spiro atoms. The molecule has 24 heavy (non-hydrogen) atoms. The van der Waals surface area contributed by atoms with Gasteiger partial charge >= 0.3 is 0 Å². The van der Waals surface area contributed by atoms with Crippen LogP contribution in [0.4, 0.5) is 5.69 Å². The summed E-state index contributed by atoms with van der Waals surface area (Å²) in [5.74, 6) is -0.324. The largest absolute Gasteiger partial charge is 0.338 e. The van der Waals surface area contributed by atoms with Crippen molar-refractivity contribution in [3.8, 4) is 0 Å². The number of likely N-dealkylation sites (tertiary alicyclic amines) is 1. The van der Waals surface area contributed by atoms with E-state index in [0.717, 1.165) is 5.56 Å². The van der Waals surface area contributed by atoms with Gasteiger partial charge in [-0.15, -0.1) is 0 Å². The van der Waals surface area contributed by atoms with Gasteiger partial charge < -0.3 is 10.2 Å². The molecule has 0 radical (unpaired) electrons. The molecule has 5 heteroatoms. The van der Waals surface area contributed by atoms with E-state index < -0.39 is 0 Å². The molecule has 2 aromatic rings. The molecular formula is C19H19ClN2O2. The van der Waals surface area contributed by atoms with Crippen LogP contribution in [0, 0.1) is 5.92 Å². The lowest BCUT2D eigenvalue weighted by Gasteiger charge is -2.38. The van der Waals surface area contributed by atoms with E-state index in [4.69, 9.17) is 11.6 Å². The number of rotatable bonds is 3. The van der Waals surface area contributed by atoms with Crippen LogP contribution < -0.4 is 5.32 Å². The molecule has 2 amide bonds. The molecule has 4 nitrogen and oxygen atoms in total. The summed E-state index contributed by atoms with van der Waals surface area (Å²) in [5.41, 5.74) is 1.64. The smallest absolute Gasteiger partial charge is 0.229 e. The highest BCUT2D eigenvalue weighted by atomic mass is 35.5. The number of hydrogen-bond donors (Lipinski definition) is 1. The molecule has 0 aliphatic carbocycles. The zero-order chi connectivity index (χ0) is 17.1. The lowest BCUT2D eigenvalue weighted by molar-refractivity contribution is -0.140. The van der Waals surface area contributed by atoms with Gasteiger partial charge in [0.2, 0.25) is 11.8 Å². The first-order valence-electron chi connectivity index (χ1n) is 7.93. The molecule has 2 unspecified atom stereocenters. The summed E-state index contributed by atoms with van der Waals surface area (Å²) in [7, 11) is 1.76. The van der Waals surface area contributed by atoms with Crippen LogP contribution in [0.3, 0.4) is 0 Å². The Morgan fingerprint density at radius 2 is 1.92 bits per heavy atom. The third-order valence-corrected chi connectivity index (χ3v) is 4.67. The molecule has 2 atom stereocenters. The summed E-state index contributed by atoms with van der Waals surface area (Å²) in [6.07, 6.45) is 0.919. The molecule has 124 valence electrons. The lowest BCUT2D eigenvalue weighted by atomic mass is 9.84. The second-order valence-electron chi connectivity index (χ2n) is 6.00. The monoisotopic (exact) mass is 342 g/mol. The third-order valence-electron chi connectivity index (χ3n) is 4.43. The maximum absolute atomic E-state index is 12.8. The number of nitrogens with one attached hydrogen (secondary N) is 1. The third kappa shape index (κ3) is 3.44. The van der Waals surface area contributed by atoms with Crippen molar-refractivity contribution in [2.75, 3.05) is 12.4 Å². The van der Waals surface area contributed by atoms with Crippen LogP contribution in [0.5, 0.6) is 0 Å². The normalized spacial score (nSPS) is 20.8. The topological polar surface area (TPSA) is 49.4 Å². The van der Waals surface area contributed by atoms with Crippen LogP contribution in [-0.4, -0.2) is 23.8 Å². The first-order chi connectivity index (χ1) is 11.6. The van der Waals surface area contributed by atoms with Crippen molar-refractivity contribution in [3.05, 3.63) is 65.2 Å². The predicted molar refractivity (Wildman–Crippen MR) is 94.8 cm³/mol. The molecule has 1 saturated heterocycles. The molecule has 1 heterocycles. The van der Waals surface area contributed by atoms with Gasteiger partial charge in [0.1, 0.15) is 0 Å². The van der Waals surface area contributed by atoms with Crippen molar-refractivity contribution in [1.82, 2.24) is 4.90 Å². The minimum atomic E-state index is -0.297. The van der Waals surface area contributed by atoms with Crippen molar-refractivity contribution >= 4 is 29.1 Å². The Morgan fingerprint density at radius 1 is 1.17 bits per heavy atom. The SMILES string of the molecule is CN1C(=O)CCC(C(=O)Nc2cccc(Cl)c2)C1c1ccccc1. The standard InChI is InChI=1S/C19H19ClN2O2/c1-22-17(23)11-10-16(18(22)13-6-3-2-4-7-13)19(24)21-15-9-5-8-14(20)12-15/h2-9,12,16,18H,10-11H2,1H3,(H,21,24). The maximum Gasteiger partial charge on any atom is 0.229 e. The Bertz CT molecular complexity index is 748. The number of hydrogen-bond acceptors (Lipinski definition) is 2. The van der Waals surface area contributed by atoms with Gasteiger partial charge in [-0.3, -0.25) is 9.59 Å². The summed E-state index contributed by atoms with van der Waals surface area (Å²) in [4.78, 5) is 26.6. The van der Waals surface area contributed by atoms with E-state index >= 15 is 0 Å². The minimum absolute atomic E-state index is 0.0654. The molecule has 0 bridgehead atoms. The van der Waals surface area contributed by atoms with Crippen molar-refractivity contribution in [2.24, 2.45) is 5.92 Å². The average molecular weight is 343 g/mol. The van der Waals surface area contributed by atoms with Gasteiger partial charge in [-0.1, -0.05) is 48.0 Å². The quantitative estimate of drug-likeness (QED) is 0.920. The molecule has 1 fully saturated rings. The van der Waals surface area contributed by atoms with Gasteiger partial charge in [0.15, 0.2) is 0 Å². The number of carbonyl (C=O) groups excluding carboxylic acids is 2. The first kappa shape index (κ1) is 16.5. The highest BCUT2D eigenvalue weighted by molar-refractivity contribution is 6.30. The van der Waals surface area contributed by atoms with Crippen LogP contribution in [0.25, 0.3) is 0 Å². The molecule has 2 aromatic carbocycles. The summed E-state index contributed by atoms with van der Waals surface area (Å²) < 4.78 is 0. The van der Waals surface area contributed by atoms with E-state index in [0.29, 0.717) is 23.6 Å². The molecule has 0 aromatic heterocycles. The Morgan fingerprint density at radius 3 is 2.62 bits per heavy atom. The zero-order valence-corrected chi connectivity index (χ0v) is 14.2. The minimum Gasteiger partial charge on any atom is -0.338 e. The Hall–Kier alpha value is -2.33. The average Bonchev–Trinajstić information content (AvgIpc) is 2.58. The van der Waals surface area contributed by atoms with E-state index in [-0.39, 0.29) is 23.8 Å². The number of benzene rings is 2. The molecule has 0 saturated carbocycles. The van der Waals surface area contributed by atoms with E-state index in [9.17, 15) is 9.59 Å². The highest BCUT2D eigenvalue weighted by Gasteiger charge is 2.38. The molecule has 1 aliphatic rings. The van der Waals surface area contributed by atoms with Crippen LogP contribution in [0.1, 0.15) is 24.4 Å². The van der Waals surface area contributed by atoms with E-state index in [1.165, 1.54) is 0 Å². The fraction of sp³-hybridized carbons (Fsp3) is 0.263. The molecule has 1 aliphatic heterocycles. The highest BCUT2D eigenvalue weighted by Crippen LogP contribution is 2.36. The second-order valence-corrected chi connectivity index (χ2v) is 6.44. The summed E-state index contributed by atoms with van der Waals surface area (Å²) in [6.45, 7) is 0. The maximum atomic E-state index is 12.8. The number of piperidine rings is 1. The zero-order valence-electron chi connectivity index (χ0n) is 13.4. The van der Waals surface area contributed by atoms with Crippen molar-refractivity contribution in [1.29, 1.82) is 0 Å². The van der Waals surface area contributed by atoms with E-state index in [1.54, 1.807) is 36.2 Å². The second kappa shape index (κ2) is 7.05. The Labute approximate surface area is 146 Å². The molecular weight excluding hydrogens is 324 g/mol. The molecule has 1 N–H and O–H groups in total. The number of nitrogens with zero attached hydrogens (tertiary/aromatic N) is 1. The summed E-state index contributed by atoms with van der Waals surface area (Å²) in [6, 6.07) is 16.5. The lowest BCUT2D eigenvalue weighted by Crippen LogP contribution is -2.44. The summed E-state index contributed by atoms with van der Waals surface area (Å²) in [5, 5.41) is 3.50. The first-order valence-corrected chi connectivity index (χ1v) is 8.31. The molecule has 3 rings (SSSR count). The fourth-order valence-corrected chi connectivity index (χ4v) is 3.41. The number of halogens is 1. The van der Waals surface area contributed by atoms with Gasteiger partial charge in [-0.2, -0.15) is 0 Å². The van der Waals surface area contributed by atoms with Gasteiger partial charge in [0, 0.05) is 24.2 Å². The van der Waals surface area contributed by atoms with E-state index in [1.807, 2.05) is 30.3 Å². The van der Waals surface area contributed by atoms with Gasteiger partial charge in [0.05, 0.1) is 12.0 Å². The number of carbonyl (C=O) groups is 2. The fourth-order valence-electron chi connectivity index (χ4n) is 3.22. The van der Waals surface area contributed by atoms with Crippen LogP contribution >= 0.6 is 11.6 Å². The van der Waals surface area contributed by atoms with Crippen molar-refractivity contribution < 1.29 is 9.59 Å². The van der Waals surface area contributed by atoms with Gasteiger partial charge in [0.25, 0.3) is 0 Å². The van der Waals surface area contributed by atoms with Gasteiger partial charge in [-0.25, -0.2) is 0 Å². The van der Waals surface area contributed by atoms with Crippen LogP contribution in [0.15, 0.2) is 54.6 Å².